The maximum Gasteiger partial charge on any atom is 0.237 e. The van der Waals surface area contributed by atoms with Crippen LogP contribution in [0.15, 0.2) is 42.7 Å². The number of benzene rings is 1. The van der Waals surface area contributed by atoms with Crippen molar-refractivity contribution in [1.82, 2.24) is 25.7 Å². The highest BCUT2D eigenvalue weighted by Gasteiger charge is 2.41. The number of hydrogen-bond acceptors (Lipinski definition) is 4. The second-order valence-corrected chi connectivity index (χ2v) is 7.18. The van der Waals surface area contributed by atoms with Gasteiger partial charge in [-0.3, -0.25) is 4.79 Å². The van der Waals surface area contributed by atoms with Gasteiger partial charge in [0.2, 0.25) is 5.91 Å². The van der Waals surface area contributed by atoms with Crippen LogP contribution in [0.25, 0.3) is 5.69 Å². The van der Waals surface area contributed by atoms with Crippen LogP contribution in [0.4, 0.5) is 0 Å². The molecule has 6 heteroatoms. The van der Waals surface area contributed by atoms with Gasteiger partial charge in [-0.05, 0) is 55.5 Å². The van der Waals surface area contributed by atoms with E-state index in [-0.39, 0.29) is 11.9 Å². The molecule has 4 rings (SSSR count). The lowest BCUT2D eigenvalue weighted by Crippen LogP contribution is -2.40. The Hall–Kier alpha value is -2.18. The van der Waals surface area contributed by atoms with Crippen LogP contribution in [0.5, 0.6) is 0 Å². The normalized spacial score (nSPS) is 22.2. The molecule has 0 bridgehead atoms. The number of hydrogen-bond donors (Lipinski definition) is 3. The fourth-order valence-corrected chi connectivity index (χ4v) is 4.04. The average molecular weight is 339 g/mol. The summed E-state index contributed by atoms with van der Waals surface area (Å²) in [4.78, 5) is 12.6. The molecule has 3 heterocycles. The number of nitrogens with one attached hydrogen (secondary N) is 3. The van der Waals surface area contributed by atoms with Crippen molar-refractivity contribution in [3.63, 3.8) is 0 Å². The molecule has 2 aromatic rings. The third kappa shape index (κ3) is 3.45. The molecule has 25 heavy (non-hydrogen) atoms. The van der Waals surface area contributed by atoms with Crippen LogP contribution >= 0.6 is 0 Å². The molecule has 1 spiro atoms. The molecule has 0 aliphatic carbocycles. The van der Waals surface area contributed by atoms with Gasteiger partial charge in [-0.15, -0.1) is 0 Å². The van der Waals surface area contributed by atoms with E-state index in [4.69, 9.17) is 0 Å². The molecule has 2 saturated heterocycles. The van der Waals surface area contributed by atoms with Crippen LogP contribution in [0.1, 0.15) is 24.8 Å². The minimum absolute atomic E-state index is 0.0741. The molecule has 3 N–H and O–H groups in total. The van der Waals surface area contributed by atoms with E-state index >= 15 is 0 Å². The predicted octanol–water partition coefficient (Wildman–Crippen LogP) is 1.22. The van der Waals surface area contributed by atoms with E-state index in [9.17, 15) is 4.79 Å². The van der Waals surface area contributed by atoms with Crippen molar-refractivity contribution in [2.24, 2.45) is 5.41 Å². The van der Waals surface area contributed by atoms with Crippen LogP contribution in [0.3, 0.4) is 0 Å². The lowest BCUT2D eigenvalue weighted by atomic mass is 9.77. The molecule has 1 aromatic heterocycles. The Bertz CT molecular complexity index is 721. The zero-order chi connectivity index (χ0) is 17.1. The summed E-state index contributed by atoms with van der Waals surface area (Å²) in [6, 6.07) is 9.86. The van der Waals surface area contributed by atoms with E-state index in [1.165, 1.54) is 0 Å². The Morgan fingerprint density at radius 3 is 2.92 bits per heavy atom. The van der Waals surface area contributed by atoms with Gasteiger partial charge in [-0.25, -0.2) is 4.68 Å². The molecule has 132 valence electrons. The summed E-state index contributed by atoms with van der Waals surface area (Å²) in [6.45, 7) is 3.60. The van der Waals surface area contributed by atoms with Gasteiger partial charge >= 0.3 is 0 Å². The largest absolute Gasteiger partial charge is 0.351 e. The predicted molar refractivity (Wildman–Crippen MR) is 96.4 cm³/mol. The highest BCUT2D eigenvalue weighted by molar-refractivity contribution is 5.82. The van der Waals surface area contributed by atoms with Gasteiger partial charge in [0.25, 0.3) is 0 Å². The van der Waals surface area contributed by atoms with Crippen LogP contribution < -0.4 is 16.0 Å². The number of para-hydroxylation sites is 1. The first-order valence-electron chi connectivity index (χ1n) is 9.06. The summed E-state index contributed by atoms with van der Waals surface area (Å²) in [7, 11) is 0. The van der Waals surface area contributed by atoms with Gasteiger partial charge < -0.3 is 16.0 Å². The Kier molecular flexibility index (Phi) is 4.55. The van der Waals surface area contributed by atoms with Crippen molar-refractivity contribution >= 4 is 5.91 Å². The molecular weight excluding hydrogens is 314 g/mol. The molecule has 2 fully saturated rings. The number of amides is 1. The van der Waals surface area contributed by atoms with E-state index in [1.54, 1.807) is 6.20 Å². The van der Waals surface area contributed by atoms with Crippen molar-refractivity contribution < 1.29 is 4.79 Å². The Morgan fingerprint density at radius 2 is 2.12 bits per heavy atom. The summed E-state index contributed by atoms with van der Waals surface area (Å²) >= 11 is 0. The number of piperidine rings is 1. The average Bonchev–Trinajstić information content (AvgIpc) is 3.31. The highest BCUT2D eigenvalue weighted by atomic mass is 16.2. The standard InChI is InChI=1S/C19H25N5O/c25-18(16-12-19(14-22-16)6-9-20-10-7-19)21-13-15-4-1-2-5-17(15)24-11-3-8-23-24/h1-5,8,11,16,20,22H,6-7,9-10,12-14H2,(H,21,25)/t16-/m1/s1. The Balaban J connectivity index is 1.38. The second kappa shape index (κ2) is 6.98. The third-order valence-corrected chi connectivity index (χ3v) is 5.54. The van der Waals surface area contributed by atoms with Gasteiger partial charge in [0.15, 0.2) is 0 Å². The molecular formula is C19H25N5O. The minimum atomic E-state index is -0.0741. The van der Waals surface area contributed by atoms with E-state index in [2.05, 4.69) is 21.0 Å². The van der Waals surface area contributed by atoms with Gasteiger partial charge in [0.05, 0.1) is 11.7 Å². The fraction of sp³-hybridized carbons (Fsp3) is 0.474. The van der Waals surface area contributed by atoms with E-state index in [0.29, 0.717) is 12.0 Å². The number of aromatic nitrogens is 2. The molecule has 2 aliphatic heterocycles. The molecule has 2 aliphatic rings. The quantitative estimate of drug-likeness (QED) is 0.783. The zero-order valence-corrected chi connectivity index (χ0v) is 14.4. The van der Waals surface area contributed by atoms with E-state index < -0.39 is 0 Å². The lowest BCUT2D eigenvalue weighted by molar-refractivity contribution is -0.123. The second-order valence-electron chi connectivity index (χ2n) is 7.18. The Morgan fingerprint density at radius 1 is 1.28 bits per heavy atom. The maximum atomic E-state index is 12.6. The summed E-state index contributed by atoms with van der Waals surface area (Å²) in [6.07, 6.45) is 6.94. The summed E-state index contributed by atoms with van der Waals surface area (Å²) in [5, 5.41) is 14.2. The number of rotatable bonds is 4. The van der Waals surface area contributed by atoms with Crippen molar-refractivity contribution in [3.05, 3.63) is 48.3 Å². The fourth-order valence-electron chi connectivity index (χ4n) is 4.04. The summed E-state index contributed by atoms with van der Waals surface area (Å²) in [5.74, 6) is 0.102. The van der Waals surface area contributed by atoms with Gasteiger partial charge in [0.1, 0.15) is 0 Å². The van der Waals surface area contributed by atoms with Gasteiger partial charge in [-0.2, -0.15) is 5.10 Å². The molecule has 1 atom stereocenters. The smallest absolute Gasteiger partial charge is 0.237 e. The zero-order valence-electron chi connectivity index (χ0n) is 14.4. The van der Waals surface area contributed by atoms with Crippen LogP contribution in [0, 0.1) is 5.41 Å². The first-order chi connectivity index (χ1) is 12.3. The number of carbonyl (C=O) groups is 1. The topological polar surface area (TPSA) is 71.0 Å². The van der Waals surface area contributed by atoms with Crippen molar-refractivity contribution in [2.45, 2.75) is 31.8 Å². The van der Waals surface area contributed by atoms with Crippen LogP contribution in [-0.4, -0.2) is 41.4 Å². The Labute approximate surface area is 148 Å². The first-order valence-corrected chi connectivity index (χ1v) is 9.06. The maximum absolute atomic E-state index is 12.6. The molecule has 0 unspecified atom stereocenters. The monoisotopic (exact) mass is 339 g/mol. The third-order valence-electron chi connectivity index (χ3n) is 5.54. The van der Waals surface area contributed by atoms with Crippen molar-refractivity contribution in [2.75, 3.05) is 19.6 Å². The molecule has 0 radical (unpaired) electrons. The molecule has 1 aromatic carbocycles. The summed E-state index contributed by atoms with van der Waals surface area (Å²) < 4.78 is 1.83. The molecule has 0 saturated carbocycles. The molecule has 6 nitrogen and oxygen atoms in total. The van der Waals surface area contributed by atoms with Crippen LogP contribution in [0.2, 0.25) is 0 Å². The van der Waals surface area contributed by atoms with Gasteiger partial charge in [-0.1, -0.05) is 18.2 Å². The number of nitrogens with zero attached hydrogens (tertiary/aromatic N) is 2. The van der Waals surface area contributed by atoms with Gasteiger partial charge in [0, 0.05) is 25.5 Å². The van der Waals surface area contributed by atoms with E-state index in [0.717, 1.165) is 50.1 Å². The number of carbonyl (C=O) groups excluding carboxylic acids is 1. The van der Waals surface area contributed by atoms with E-state index in [1.807, 2.05) is 41.2 Å². The highest BCUT2D eigenvalue weighted by Crippen LogP contribution is 2.37. The minimum Gasteiger partial charge on any atom is -0.351 e. The SMILES string of the molecule is O=C(NCc1ccccc1-n1cccn1)[C@H]1CC2(CCNCC2)CN1. The van der Waals surface area contributed by atoms with Crippen LogP contribution in [-0.2, 0) is 11.3 Å². The van der Waals surface area contributed by atoms with Crippen molar-refractivity contribution in [3.8, 4) is 5.69 Å². The first kappa shape index (κ1) is 16.3. The molecule has 1 amide bonds. The van der Waals surface area contributed by atoms with Crippen molar-refractivity contribution in [1.29, 1.82) is 0 Å². The lowest BCUT2D eigenvalue weighted by Gasteiger charge is -2.33. The summed E-state index contributed by atoms with van der Waals surface area (Å²) in [5.41, 5.74) is 2.37.